The highest BCUT2D eigenvalue weighted by atomic mass is 32.1. The molecule has 4 rings (SSSR count). The smallest absolute Gasteiger partial charge is 0.336 e. The summed E-state index contributed by atoms with van der Waals surface area (Å²) in [5.74, 6) is 0.243. The first kappa shape index (κ1) is 20.5. The molecule has 1 aromatic carbocycles. The van der Waals surface area contributed by atoms with E-state index in [2.05, 4.69) is 13.8 Å². The number of benzene rings is 1. The van der Waals surface area contributed by atoms with Gasteiger partial charge in [-0.25, -0.2) is 13.8 Å². The SMILES string of the molecule is Cc1cc(F)ccc1-n1c(=O)c2sccc2n(CC(=O)N2C[C@H](C)C[C@@H](C)C2)c1=O. The van der Waals surface area contributed by atoms with Gasteiger partial charge in [-0.1, -0.05) is 13.8 Å². The Morgan fingerprint density at radius 3 is 2.53 bits per heavy atom. The Morgan fingerprint density at radius 1 is 1.17 bits per heavy atom. The fourth-order valence-electron chi connectivity index (χ4n) is 4.42. The van der Waals surface area contributed by atoms with Gasteiger partial charge in [-0.3, -0.25) is 14.2 Å². The summed E-state index contributed by atoms with van der Waals surface area (Å²) in [7, 11) is 0. The van der Waals surface area contributed by atoms with Crippen molar-refractivity contribution in [1.29, 1.82) is 0 Å². The molecule has 8 heteroatoms. The number of aryl methyl sites for hydroxylation is 1. The van der Waals surface area contributed by atoms with Crippen LogP contribution in [0.25, 0.3) is 15.9 Å². The summed E-state index contributed by atoms with van der Waals surface area (Å²) < 4.78 is 16.4. The van der Waals surface area contributed by atoms with Crippen LogP contribution in [0.4, 0.5) is 4.39 Å². The van der Waals surface area contributed by atoms with Crippen LogP contribution in [-0.4, -0.2) is 33.0 Å². The van der Waals surface area contributed by atoms with Gasteiger partial charge in [0.05, 0.1) is 11.2 Å². The number of carbonyl (C=O) groups is 1. The molecule has 6 nitrogen and oxygen atoms in total. The Labute approximate surface area is 177 Å². The number of rotatable bonds is 3. The van der Waals surface area contributed by atoms with E-state index in [0.717, 1.165) is 11.0 Å². The van der Waals surface area contributed by atoms with Crippen molar-refractivity contribution >= 4 is 27.5 Å². The zero-order valence-electron chi connectivity index (χ0n) is 17.2. The predicted molar refractivity (Wildman–Crippen MR) is 116 cm³/mol. The second-order valence-corrected chi connectivity index (χ2v) is 9.24. The van der Waals surface area contributed by atoms with Crippen LogP contribution in [0.2, 0.25) is 0 Å². The van der Waals surface area contributed by atoms with E-state index in [1.54, 1.807) is 18.4 Å². The molecule has 0 unspecified atom stereocenters. The van der Waals surface area contributed by atoms with Crippen LogP contribution >= 0.6 is 11.3 Å². The van der Waals surface area contributed by atoms with Crippen LogP contribution in [0.3, 0.4) is 0 Å². The van der Waals surface area contributed by atoms with E-state index >= 15 is 0 Å². The number of halogens is 1. The molecule has 1 fully saturated rings. The lowest BCUT2D eigenvalue weighted by molar-refractivity contribution is -0.134. The van der Waals surface area contributed by atoms with Gasteiger partial charge >= 0.3 is 5.69 Å². The largest absolute Gasteiger partial charge is 0.341 e. The molecule has 1 aliphatic heterocycles. The minimum atomic E-state index is -0.591. The van der Waals surface area contributed by atoms with Crippen molar-refractivity contribution in [3.63, 3.8) is 0 Å². The average molecular weight is 430 g/mol. The van der Waals surface area contributed by atoms with Gasteiger partial charge in [0.25, 0.3) is 5.56 Å². The van der Waals surface area contributed by atoms with Crippen molar-refractivity contribution < 1.29 is 9.18 Å². The van der Waals surface area contributed by atoms with E-state index in [9.17, 15) is 18.8 Å². The van der Waals surface area contributed by atoms with Crippen LogP contribution in [0, 0.1) is 24.6 Å². The number of thiophene rings is 1. The van der Waals surface area contributed by atoms with Crippen molar-refractivity contribution in [2.45, 2.75) is 33.7 Å². The number of piperidine rings is 1. The monoisotopic (exact) mass is 429 g/mol. The Bertz CT molecular complexity index is 1230. The van der Waals surface area contributed by atoms with Crippen molar-refractivity contribution in [2.75, 3.05) is 13.1 Å². The quantitative estimate of drug-likeness (QED) is 0.643. The van der Waals surface area contributed by atoms with Gasteiger partial charge in [0.2, 0.25) is 5.91 Å². The molecule has 3 aromatic rings. The molecule has 2 atom stereocenters. The fraction of sp³-hybridized carbons (Fsp3) is 0.409. The molecule has 30 heavy (non-hydrogen) atoms. The third-order valence-electron chi connectivity index (χ3n) is 5.67. The van der Waals surface area contributed by atoms with Gasteiger partial charge in [0.1, 0.15) is 17.1 Å². The van der Waals surface area contributed by atoms with Gasteiger partial charge < -0.3 is 4.90 Å². The topological polar surface area (TPSA) is 64.3 Å². The summed E-state index contributed by atoms with van der Waals surface area (Å²) in [6, 6.07) is 5.62. The first-order chi connectivity index (χ1) is 14.3. The molecule has 2 aromatic heterocycles. The number of hydrogen-bond donors (Lipinski definition) is 0. The Morgan fingerprint density at radius 2 is 1.87 bits per heavy atom. The van der Waals surface area contributed by atoms with Gasteiger partial charge in [-0.05, 0) is 60.4 Å². The zero-order valence-corrected chi connectivity index (χ0v) is 18.0. The molecule has 158 valence electrons. The lowest BCUT2D eigenvalue weighted by atomic mass is 9.92. The van der Waals surface area contributed by atoms with Crippen molar-refractivity contribution in [3.05, 3.63) is 61.9 Å². The Hall–Kier alpha value is -2.74. The van der Waals surface area contributed by atoms with E-state index in [1.807, 2.05) is 4.90 Å². The number of aromatic nitrogens is 2. The number of amides is 1. The van der Waals surface area contributed by atoms with Crippen LogP contribution in [0.15, 0.2) is 39.2 Å². The maximum absolute atomic E-state index is 13.6. The van der Waals surface area contributed by atoms with Gasteiger partial charge in [0.15, 0.2) is 0 Å². The molecule has 0 N–H and O–H groups in total. The average Bonchev–Trinajstić information content (AvgIpc) is 3.16. The standard InChI is InChI=1S/C22H24FN3O3S/c1-13-8-14(2)11-24(10-13)19(27)12-25-18-6-7-30-20(18)21(28)26(22(25)29)17-5-4-16(23)9-15(17)3/h4-7,9,13-14H,8,10-12H2,1-3H3/t13-,14-/m1/s1. The maximum atomic E-state index is 13.6. The summed E-state index contributed by atoms with van der Waals surface area (Å²) in [4.78, 5) is 41.3. The number of hydrogen-bond acceptors (Lipinski definition) is 4. The van der Waals surface area contributed by atoms with Crippen LogP contribution in [0.5, 0.6) is 0 Å². The van der Waals surface area contributed by atoms with Crippen LogP contribution < -0.4 is 11.2 Å². The fourth-order valence-corrected chi connectivity index (χ4v) is 5.25. The van der Waals surface area contributed by atoms with Gasteiger partial charge in [0, 0.05) is 13.1 Å². The number of carbonyl (C=O) groups excluding carboxylic acids is 1. The summed E-state index contributed by atoms with van der Waals surface area (Å²) in [5, 5.41) is 1.74. The van der Waals surface area contributed by atoms with Crippen molar-refractivity contribution in [1.82, 2.24) is 14.0 Å². The first-order valence-corrected chi connectivity index (χ1v) is 10.9. The van der Waals surface area contributed by atoms with E-state index < -0.39 is 17.1 Å². The normalized spacial score (nSPS) is 19.4. The molecular weight excluding hydrogens is 405 g/mol. The van der Waals surface area contributed by atoms with Crippen LogP contribution in [0.1, 0.15) is 25.8 Å². The summed E-state index contributed by atoms with van der Waals surface area (Å²) >= 11 is 1.23. The highest BCUT2D eigenvalue weighted by Crippen LogP contribution is 2.22. The van der Waals surface area contributed by atoms with E-state index in [1.165, 1.54) is 34.1 Å². The summed E-state index contributed by atoms with van der Waals surface area (Å²) in [6.45, 7) is 7.09. The number of fused-ring (bicyclic) bond motifs is 1. The molecule has 3 heterocycles. The molecular formula is C22H24FN3O3S. The molecule has 1 aliphatic rings. The maximum Gasteiger partial charge on any atom is 0.336 e. The Balaban J connectivity index is 1.82. The third-order valence-corrected chi connectivity index (χ3v) is 6.56. The highest BCUT2D eigenvalue weighted by molar-refractivity contribution is 7.17. The summed E-state index contributed by atoms with van der Waals surface area (Å²) in [6.07, 6.45) is 1.08. The van der Waals surface area contributed by atoms with Crippen molar-refractivity contribution in [3.8, 4) is 5.69 Å². The molecule has 0 saturated carbocycles. The van der Waals surface area contributed by atoms with E-state index in [0.29, 0.717) is 46.4 Å². The molecule has 1 saturated heterocycles. The van der Waals surface area contributed by atoms with Gasteiger partial charge in [-0.15, -0.1) is 11.3 Å². The lowest BCUT2D eigenvalue weighted by Gasteiger charge is -2.35. The van der Waals surface area contributed by atoms with E-state index in [4.69, 9.17) is 0 Å². The highest BCUT2D eigenvalue weighted by Gasteiger charge is 2.27. The lowest BCUT2D eigenvalue weighted by Crippen LogP contribution is -2.46. The Kier molecular flexibility index (Phi) is 5.36. The third kappa shape index (κ3) is 3.60. The number of nitrogens with zero attached hydrogens (tertiary/aromatic N) is 3. The van der Waals surface area contributed by atoms with Crippen LogP contribution in [-0.2, 0) is 11.3 Å². The number of likely N-dealkylation sites (tertiary alicyclic amines) is 1. The second kappa shape index (κ2) is 7.83. The predicted octanol–water partition coefficient (Wildman–Crippen LogP) is 3.17. The molecule has 0 radical (unpaired) electrons. The zero-order chi connectivity index (χ0) is 21.6. The summed E-state index contributed by atoms with van der Waals surface area (Å²) in [5.41, 5.74) is 0.206. The second-order valence-electron chi connectivity index (χ2n) is 8.32. The van der Waals surface area contributed by atoms with Crippen molar-refractivity contribution in [2.24, 2.45) is 11.8 Å². The molecule has 0 aliphatic carbocycles. The van der Waals surface area contributed by atoms with Gasteiger partial charge in [-0.2, -0.15) is 0 Å². The minimum Gasteiger partial charge on any atom is -0.341 e. The molecule has 0 spiro atoms. The molecule has 1 amide bonds. The van der Waals surface area contributed by atoms with E-state index in [-0.39, 0.29) is 12.5 Å². The minimum absolute atomic E-state index is 0.133. The first-order valence-electron chi connectivity index (χ1n) is 10.0. The molecule has 0 bridgehead atoms.